The van der Waals surface area contributed by atoms with Crippen LogP contribution >= 0.6 is 11.8 Å². The summed E-state index contributed by atoms with van der Waals surface area (Å²) >= 11 is 1.62. The Bertz CT molecular complexity index is 653. The Morgan fingerprint density at radius 2 is 2.29 bits per heavy atom. The Labute approximate surface area is 129 Å². The fourth-order valence-electron chi connectivity index (χ4n) is 2.37. The van der Waals surface area contributed by atoms with E-state index < -0.39 is 15.2 Å². The molecule has 114 valence electrons. The molecule has 1 aliphatic heterocycles. The summed E-state index contributed by atoms with van der Waals surface area (Å²) in [4.78, 5) is 1.81. The highest BCUT2D eigenvalue weighted by atomic mass is 32.2. The third-order valence-electron chi connectivity index (χ3n) is 3.57. The van der Waals surface area contributed by atoms with Crippen molar-refractivity contribution in [1.82, 2.24) is 0 Å². The van der Waals surface area contributed by atoms with Gasteiger partial charge in [0.2, 0.25) is 0 Å². The van der Waals surface area contributed by atoms with Gasteiger partial charge < -0.3 is 10.0 Å². The second-order valence-corrected chi connectivity index (χ2v) is 8.39. The summed E-state index contributed by atoms with van der Waals surface area (Å²) in [7, 11) is -3.21. The molecule has 1 N–H and O–H groups in total. The number of sulfone groups is 1. The molecule has 7 heteroatoms. The minimum absolute atomic E-state index is 0.0886. The number of aliphatic hydroxyl groups is 1. The van der Waals surface area contributed by atoms with Crippen LogP contribution in [0.15, 0.2) is 18.2 Å². The minimum Gasteiger partial charge on any atom is -0.392 e. The average molecular weight is 326 g/mol. The fraction of sp³-hybridized carbons (Fsp3) is 0.500. The topological polar surface area (TPSA) is 81.4 Å². The first-order valence-electron chi connectivity index (χ1n) is 6.73. The van der Waals surface area contributed by atoms with Crippen LogP contribution in [0.4, 0.5) is 5.69 Å². The third kappa shape index (κ3) is 3.34. The number of anilines is 1. The van der Waals surface area contributed by atoms with Gasteiger partial charge in [-0.15, -0.1) is 0 Å². The number of rotatable bonds is 4. The fourth-order valence-corrected chi connectivity index (χ4v) is 5.35. The standard InChI is InChI=1S/C14H18N2O3S2/c1-2-21(18,19)14-10-20-6-5-16(14)13-4-3-11(9-17)7-12(13)8-15/h3-4,7,14,17H,2,5-6,9-10H2,1H3. The lowest BCUT2D eigenvalue weighted by Gasteiger charge is -2.37. The molecule has 0 spiro atoms. The monoisotopic (exact) mass is 326 g/mol. The lowest BCUT2D eigenvalue weighted by Crippen LogP contribution is -2.48. The van der Waals surface area contributed by atoms with Crippen molar-refractivity contribution in [2.45, 2.75) is 18.9 Å². The molecule has 21 heavy (non-hydrogen) atoms. The van der Waals surface area contributed by atoms with Crippen molar-refractivity contribution in [1.29, 1.82) is 5.26 Å². The highest BCUT2D eigenvalue weighted by Gasteiger charge is 2.33. The third-order valence-corrected chi connectivity index (χ3v) is 6.86. The van der Waals surface area contributed by atoms with Gasteiger partial charge in [-0.3, -0.25) is 0 Å². The van der Waals surface area contributed by atoms with E-state index in [1.165, 1.54) is 0 Å². The van der Waals surface area contributed by atoms with Crippen LogP contribution in [0.3, 0.4) is 0 Å². The van der Waals surface area contributed by atoms with Crippen molar-refractivity contribution in [3.63, 3.8) is 0 Å². The molecule has 0 bridgehead atoms. The van der Waals surface area contributed by atoms with Gasteiger partial charge in [-0.05, 0) is 17.7 Å². The van der Waals surface area contributed by atoms with Crippen LogP contribution in [0.25, 0.3) is 0 Å². The Morgan fingerprint density at radius 3 is 2.90 bits per heavy atom. The van der Waals surface area contributed by atoms with Crippen LogP contribution in [0.1, 0.15) is 18.1 Å². The molecule has 1 heterocycles. The molecule has 1 aliphatic rings. The number of thioether (sulfide) groups is 1. The Kier molecular flexibility index (Phi) is 5.14. The molecule has 0 saturated carbocycles. The molecule has 0 radical (unpaired) electrons. The van der Waals surface area contributed by atoms with E-state index in [0.717, 1.165) is 5.75 Å². The number of benzene rings is 1. The van der Waals surface area contributed by atoms with Gasteiger partial charge >= 0.3 is 0 Å². The summed E-state index contributed by atoms with van der Waals surface area (Å²) in [6.45, 7) is 2.11. The van der Waals surface area contributed by atoms with Crippen LogP contribution in [-0.2, 0) is 16.4 Å². The molecule has 1 aromatic rings. The van der Waals surface area contributed by atoms with Crippen molar-refractivity contribution < 1.29 is 13.5 Å². The normalized spacial score (nSPS) is 19.3. The molecule has 0 amide bonds. The Hall–Kier alpha value is -1.23. The van der Waals surface area contributed by atoms with E-state index in [4.69, 9.17) is 5.11 Å². The van der Waals surface area contributed by atoms with E-state index in [1.54, 1.807) is 36.9 Å². The highest BCUT2D eigenvalue weighted by Crippen LogP contribution is 2.30. The van der Waals surface area contributed by atoms with Gasteiger partial charge in [0, 0.05) is 23.8 Å². The molecule has 1 unspecified atom stereocenters. The van der Waals surface area contributed by atoms with Crippen LogP contribution in [-0.4, -0.2) is 42.7 Å². The van der Waals surface area contributed by atoms with E-state index in [2.05, 4.69) is 6.07 Å². The van der Waals surface area contributed by atoms with Gasteiger partial charge in [0.05, 0.1) is 17.9 Å². The molecule has 1 atom stereocenters. The molecule has 1 aromatic carbocycles. The van der Waals surface area contributed by atoms with Crippen molar-refractivity contribution in [3.05, 3.63) is 29.3 Å². The van der Waals surface area contributed by atoms with E-state index in [9.17, 15) is 13.7 Å². The second-order valence-electron chi connectivity index (χ2n) is 4.80. The lowest BCUT2D eigenvalue weighted by molar-refractivity contribution is 0.282. The van der Waals surface area contributed by atoms with Gasteiger partial charge in [0.15, 0.2) is 9.84 Å². The van der Waals surface area contributed by atoms with Crippen LogP contribution < -0.4 is 4.90 Å². The van der Waals surface area contributed by atoms with Gasteiger partial charge in [-0.1, -0.05) is 13.0 Å². The average Bonchev–Trinajstić information content (AvgIpc) is 2.54. The first-order valence-corrected chi connectivity index (χ1v) is 9.60. The summed E-state index contributed by atoms with van der Waals surface area (Å²) in [5.74, 6) is 1.44. The van der Waals surface area contributed by atoms with Gasteiger partial charge in [-0.25, -0.2) is 8.42 Å². The Balaban J connectivity index is 2.45. The maximum Gasteiger partial charge on any atom is 0.171 e. The summed E-state index contributed by atoms with van der Waals surface area (Å²) < 4.78 is 24.6. The predicted octanol–water partition coefficient (Wildman–Crippen LogP) is 1.36. The first-order chi connectivity index (χ1) is 10.0. The lowest BCUT2D eigenvalue weighted by atomic mass is 10.1. The number of hydrogen-bond donors (Lipinski definition) is 1. The predicted molar refractivity (Wildman–Crippen MR) is 85.0 cm³/mol. The number of nitriles is 1. The molecule has 0 aliphatic carbocycles. The van der Waals surface area contributed by atoms with Crippen LogP contribution in [0.5, 0.6) is 0 Å². The maximum absolute atomic E-state index is 12.3. The van der Waals surface area contributed by atoms with Gasteiger partial charge in [-0.2, -0.15) is 17.0 Å². The number of aliphatic hydroxyl groups excluding tert-OH is 1. The van der Waals surface area contributed by atoms with Gasteiger partial charge in [0.25, 0.3) is 0 Å². The van der Waals surface area contributed by atoms with E-state index >= 15 is 0 Å². The minimum atomic E-state index is -3.21. The molecule has 0 aromatic heterocycles. The summed E-state index contributed by atoms with van der Waals surface area (Å²) in [6, 6.07) is 7.19. The van der Waals surface area contributed by atoms with Crippen molar-refractivity contribution in [2.75, 3.05) is 28.7 Å². The van der Waals surface area contributed by atoms with Crippen molar-refractivity contribution in [3.8, 4) is 6.07 Å². The van der Waals surface area contributed by atoms with Crippen molar-refractivity contribution in [2.24, 2.45) is 0 Å². The molecule has 5 nitrogen and oxygen atoms in total. The zero-order chi connectivity index (χ0) is 15.5. The van der Waals surface area contributed by atoms with E-state index in [1.807, 2.05) is 4.90 Å². The second kappa shape index (κ2) is 6.69. The Morgan fingerprint density at radius 1 is 1.52 bits per heavy atom. The number of hydrogen-bond acceptors (Lipinski definition) is 6. The largest absolute Gasteiger partial charge is 0.392 e. The zero-order valence-corrected chi connectivity index (χ0v) is 13.5. The SMILES string of the molecule is CCS(=O)(=O)C1CSCCN1c1ccc(CO)cc1C#N. The first kappa shape index (κ1) is 16.1. The zero-order valence-electron chi connectivity index (χ0n) is 11.8. The summed E-state index contributed by atoms with van der Waals surface area (Å²) in [5.41, 5.74) is 1.69. The molecule has 1 saturated heterocycles. The quantitative estimate of drug-likeness (QED) is 0.900. The molecular weight excluding hydrogens is 308 g/mol. The molecule has 1 fully saturated rings. The van der Waals surface area contributed by atoms with E-state index in [-0.39, 0.29) is 12.4 Å². The van der Waals surface area contributed by atoms with Crippen LogP contribution in [0, 0.1) is 11.3 Å². The highest BCUT2D eigenvalue weighted by molar-refractivity contribution is 8.01. The summed E-state index contributed by atoms with van der Waals surface area (Å²) in [5, 5.41) is 17.9. The molecular formula is C14H18N2O3S2. The molecule has 2 rings (SSSR count). The maximum atomic E-state index is 12.3. The summed E-state index contributed by atoms with van der Waals surface area (Å²) in [6.07, 6.45) is 0. The smallest absolute Gasteiger partial charge is 0.171 e. The van der Waals surface area contributed by atoms with Crippen molar-refractivity contribution >= 4 is 27.3 Å². The van der Waals surface area contributed by atoms with Gasteiger partial charge in [0.1, 0.15) is 11.4 Å². The number of nitrogens with zero attached hydrogens (tertiary/aromatic N) is 2. The van der Waals surface area contributed by atoms with E-state index in [0.29, 0.717) is 29.1 Å². The van der Waals surface area contributed by atoms with Crippen LogP contribution in [0.2, 0.25) is 0 Å².